The predicted molar refractivity (Wildman–Crippen MR) is 98.8 cm³/mol. The van der Waals surface area contributed by atoms with Crippen LogP contribution >= 0.6 is 0 Å². The Morgan fingerprint density at radius 3 is 2.77 bits per heavy atom. The number of carbonyl (C=O) groups is 1. The molecule has 1 amide bonds. The number of hydrogen-bond donors (Lipinski definition) is 2. The van der Waals surface area contributed by atoms with Gasteiger partial charge in [0.2, 0.25) is 0 Å². The Hall–Kier alpha value is -3.15. The lowest BCUT2D eigenvalue weighted by Crippen LogP contribution is -2.29. The van der Waals surface area contributed by atoms with E-state index in [4.69, 9.17) is 4.74 Å². The molecule has 6 heteroatoms. The maximum atomic E-state index is 12.5. The zero-order chi connectivity index (χ0) is 18.4. The summed E-state index contributed by atoms with van der Waals surface area (Å²) in [5.41, 5.74) is 3.04. The zero-order valence-corrected chi connectivity index (χ0v) is 14.9. The molecule has 0 radical (unpaired) electrons. The van der Waals surface area contributed by atoms with Gasteiger partial charge in [0.15, 0.2) is 0 Å². The van der Waals surface area contributed by atoms with Crippen molar-refractivity contribution in [2.45, 2.75) is 32.9 Å². The van der Waals surface area contributed by atoms with E-state index in [0.29, 0.717) is 12.3 Å². The van der Waals surface area contributed by atoms with Gasteiger partial charge in [-0.25, -0.2) is 0 Å². The molecule has 1 atom stereocenters. The molecule has 2 N–H and O–H groups in total. The third-order valence-corrected chi connectivity index (χ3v) is 4.01. The van der Waals surface area contributed by atoms with Crippen LogP contribution in [0.15, 0.2) is 54.7 Å². The molecule has 0 bridgehead atoms. The fourth-order valence-electron chi connectivity index (χ4n) is 2.60. The van der Waals surface area contributed by atoms with Crippen LogP contribution in [0, 0.1) is 6.92 Å². The van der Waals surface area contributed by atoms with E-state index in [2.05, 4.69) is 20.5 Å². The lowest BCUT2D eigenvalue weighted by molar-refractivity contribution is 0.0929. The lowest BCUT2D eigenvalue weighted by Gasteiger charge is -2.16. The average molecular weight is 350 g/mol. The molecule has 0 aliphatic rings. The highest BCUT2D eigenvalue weighted by Gasteiger charge is 2.17. The molecule has 2 aromatic heterocycles. The van der Waals surface area contributed by atoms with Crippen LogP contribution in [0.5, 0.6) is 5.75 Å². The highest BCUT2D eigenvalue weighted by molar-refractivity contribution is 5.92. The van der Waals surface area contributed by atoms with E-state index < -0.39 is 0 Å². The van der Waals surface area contributed by atoms with Crippen molar-refractivity contribution < 1.29 is 9.53 Å². The second-order valence-electron chi connectivity index (χ2n) is 6.07. The van der Waals surface area contributed by atoms with Crippen molar-refractivity contribution in [3.05, 3.63) is 77.4 Å². The largest absolute Gasteiger partial charge is 0.487 e. The molecule has 0 saturated heterocycles. The van der Waals surface area contributed by atoms with Crippen LogP contribution in [-0.2, 0) is 6.61 Å². The Balaban J connectivity index is 1.62. The molecule has 26 heavy (non-hydrogen) atoms. The monoisotopic (exact) mass is 350 g/mol. The van der Waals surface area contributed by atoms with Gasteiger partial charge in [-0.1, -0.05) is 25.1 Å². The molecule has 134 valence electrons. The number of para-hydroxylation sites is 1. The van der Waals surface area contributed by atoms with E-state index in [9.17, 15) is 4.79 Å². The van der Waals surface area contributed by atoms with Crippen LogP contribution in [0.3, 0.4) is 0 Å². The Morgan fingerprint density at radius 1 is 1.23 bits per heavy atom. The predicted octanol–water partition coefficient (Wildman–Crippen LogP) is 3.57. The van der Waals surface area contributed by atoms with Crippen molar-refractivity contribution in [2.75, 3.05) is 0 Å². The maximum absolute atomic E-state index is 12.5. The summed E-state index contributed by atoms with van der Waals surface area (Å²) < 4.78 is 5.66. The molecular formula is C20H22N4O2. The number of aryl methyl sites for hydroxylation is 1. The van der Waals surface area contributed by atoms with E-state index in [1.807, 2.05) is 56.3 Å². The first-order chi connectivity index (χ1) is 12.7. The molecule has 0 saturated carbocycles. The number of nitrogens with zero attached hydrogens (tertiary/aromatic N) is 2. The molecule has 3 aromatic rings. The van der Waals surface area contributed by atoms with Gasteiger partial charge in [-0.2, -0.15) is 5.10 Å². The van der Waals surface area contributed by atoms with Gasteiger partial charge in [0, 0.05) is 6.20 Å². The molecule has 2 heterocycles. The third-order valence-electron chi connectivity index (χ3n) is 4.01. The van der Waals surface area contributed by atoms with E-state index >= 15 is 0 Å². The van der Waals surface area contributed by atoms with Gasteiger partial charge in [0.25, 0.3) is 5.91 Å². The van der Waals surface area contributed by atoms with Gasteiger partial charge >= 0.3 is 0 Å². The fraction of sp³-hybridized carbons (Fsp3) is 0.250. The van der Waals surface area contributed by atoms with Crippen LogP contribution < -0.4 is 10.1 Å². The zero-order valence-electron chi connectivity index (χ0n) is 14.9. The van der Waals surface area contributed by atoms with Gasteiger partial charge in [-0.15, -0.1) is 0 Å². The number of pyridine rings is 1. The number of rotatable bonds is 7. The van der Waals surface area contributed by atoms with E-state index in [0.717, 1.165) is 29.1 Å². The van der Waals surface area contributed by atoms with Gasteiger partial charge in [0.1, 0.15) is 18.1 Å². The molecule has 6 nitrogen and oxygen atoms in total. The summed E-state index contributed by atoms with van der Waals surface area (Å²) >= 11 is 0. The van der Waals surface area contributed by atoms with Crippen LogP contribution in [0.4, 0.5) is 0 Å². The Labute approximate surface area is 152 Å². The maximum Gasteiger partial charge on any atom is 0.272 e. The van der Waals surface area contributed by atoms with Crippen molar-refractivity contribution in [1.29, 1.82) is 0 Å². The quantitative estimate of drug-likeness (QED) is 0.683. The van der Waals surface area contributed by atoms with Crippen LogP contribution in [0.25, 0.3) is 0 Å². The number of aromatic nitrogens is 3. The second-order valence-corrected chi connectivity index (χ2v) is 6.07. The normalized spacial score (nSPS) is 11.8. The number of benzene rings is 1. The second kappa shape index (κ2) is 8.29. The van der Waals surface area contributed by atoms with E-state index in [1.165, 1.54) is 0 Å². The first kappa shape index (κ1) is 17.7. The molecule has 0 aliphatic heterocycles. The minimum absolute atomic E-state index is 0.150. The summed E-state index contributed by atoms with van der Waals surface area (Å²) in [4.78, 5) is 16.9. The van der Waals surface area contributed by atoms with E-state index in [-0.39, 0.29) is 11.9 Å². The number of nitrogens with one attached hydrogen (secondary N) is 2. The first-order valence-electron chi connectivity index (χ1n) is 8.61. The summed E-state index contributed by atoms with van der Waals surface area (Å²) in [5, 5.41) is 9.92. The highest BCUT2D eigenvalue weighted by Crippen LogP contribution is 2.16. The van der Waals surface area contributed by atoms with Gasteiger partial charge in [-0.05, 0) is 49.2 Å². The first-order valence-corrected chi connectivity index (χ1v) is 8.61. The third kappa shape index (κ3) is 4.47. The van der Waals surface area contributed by atoms with Crippen LogP contribution in [0.2, 0.25) is 0 Å². The minimum atomic E-state index is -0.234. The number of ether oxygens (including phenoxy) is 1. The molecule has 0 spiro atoms. The lowest BCUT2D eigenvalue weighted by atomic mass is 10.1. The van der Waals surface area contributed by atoms with Crippen LogP contribution in [0.1, 0.15) is 46.8 Å². The molecule has 0 aliphatic carbocycles. The SMILES string of the molecule is CCC(NC(=O)c1cc(COc2ccccc2)[nH]n1)c1cc(C)ccn1. The molecule has 0 fully saturated rings. The summed E-state index contributed by atoms with van der Waals surface area (Å²) in [7, 11) is 0. The summed E-state index contributed by atoms with van der Waals surface area (Å²) in [6, 6.07) is 15.0. The van der Waals surface area contributed by atoms with Crippen molar-refractivity contribution in [3.8, 4) is 5.75 Å². The molecule has 3 rings (SSSR count). The topological polar surface area (TPSA) is 79.9 Å². The molecule has 1 unspecified atom stereocenters. The van der Waals surface area contributed by atoms with Crippen LogP contribution in [-0.4, -0.2) is 21.1 Å². The Morgan fingerprint density at radius 2 is 2.04 bits per heavy atom. The number of aromatic amines is 1. The number of amides is 1. The minimum Gasteiger partial charge on any atom is -0.487 e. The number of hydrogen-bond acceptors (Lipinski definition) is 4. The summed E-state index contributed by atoms with van der Waals surface area (Å²) in [6.45, 7) is 4.34. The van der Waals surface area contributed by atoms with Gasteiger partial charge in [-0.3, -0.25) is 14.9 Å². The van der Waals surface area contributed by atoms with Crippen molar-refractivity contribution in [1.82, 2.24) is 20.5 Å². The average Bonchev–Trinajstić information content (AvgIpc) is 3.14. The summed E-state index contributed by atoms with van der Waals surface area (Å²) in [5.74, 6) is 0.534. The molecular weight excluding hydrogens is 328 g/mol. The standard InChI is InChI=1S/C20H22N4O2/c1-3-17(18-11-14(2)9-10-21-18)22-20(25)19-12-15(23-24-19)13-26-16-7-5-4-6-8-16/h4-12,17H,3,13H2,1-2H3,(H,22,25)(H,23,24). The van der Waals surface area contributed by atoms with E-state index in [1.54, 1.807) is 12.3 Å². The fourth-order valence-corrected chi connectivity index (χ4v) is 2.60. The Kier molecular flexibility index (Phi) is 5.63. The molecule has 1 aromatic carbocycles. The Bertz CT molecular complexity index is 861. The van der Waals surface area contributed by atoms with Crippen molar-refractivity contribution in [3.63, 3.8) is 0 Å². The number of H-pyrrole nitrogens is 1. The smallest absolute Gasteiger partial charge is 0.272 e. The number of carbonyl (C=O) groups excluding carboxylic acids is 1. The summed E-state index contributed by atoms with van der Waals surface area (Å²) in [6.07, 6.45) is 2.50. The highest BCUT2D eigenvalue weighted by atomic mass is 16.5. The van der Waals surface area contributed by atoms with Crippen molar-refractivity contribution >= 4 is 5.91 Å². The van der Waals surface area contributed by atoms with Crippen molar-refractivity contribution in [2.24, 2.45) is 0 Å². The van der Waals surface area contributed by atoms with Gasteiger partial charge < -0.3 is 10.1 Å². The van der Waals surface area contributed by atoms with Gasteiger partial charge in [0.05, 0.1) is 17.4 Å².